The summed E-state index contributed by atoms with van der Waals surface area (Å²) < 4.78 is 10.3. The first-order valence-electron chi connectivity index (χ1n) is 4.69. The third-order valence-corrected chi connectivity index (χ3v) is 3.38. The molecule has 0 aromatic heterocycles. The summed E-state index contributed by atoms with van der Waals surface area (Å²) in [5, 5.41) is 0. The molecule has 14 heavy (non-hydrogen) atoms. The van der Waals surface area contributed by atoms with Gasteiger partial charge in [-0.2, -0.15) is 0 Å². The molecule has 0 rings (SSSR count). The van der Waals surface area contributed by atoms with E-state index >= 15 is 0 Å². The van der Waals surface area contributed by atoms with E-state index in [2.05, 4.69) is 6.58 Å². The van der Waals surface area contributed by atoms with Crippen molar-refractivity contribution in [2.45, 2.75) is 45.5 Å². The molecule has 0 unspecified atom stereocenters. The van der Waals surface area contributed by atoms with Gasteiger partial charge in [0.15, 0.2) is 0 Å². The van der Waals surface area contributed by atoms with Crippen molar-refractivity contribution >= 4 is 14.5 Å². The van der Waals surface area contributed by atoms with Crippen LogP contribution in [-0.2, 0) is 9.16 Å². The van der Waals surface area contributed by atoms with E-state index < -0.39 is 20.1 Å². The van der Waals surface area contributed by atoms with Crippen molar-refractivity contribution in [3.63, 3.8) is 0 Å². The van der Waals surface area contributed by atoms with Gasteiger partial charge in [0.1, 0.15) is 5.60 Å². The normalized spacial score (nSPS) is 12.1. The molecule has 0 N–H and O–H groups in total. The van der Waals surface area contributed by atoms with Gasteiger partial charge in [-0.25, -0.2) is 4.79 Å². The molecule has 3 nitrogen and oxygen atoms in total. The van der Waals surface area contributed by atoms with Crippen molar-refractivity contribution in [1.82, 2.24) is 0 Å². The van der Waals surface area contributed by atoms with Gasteiger partial charge in [0.25, 0.3) is 8.32 Å². The van der Waals surface area contributed by atoms with E-state index in [0.717, 1.165) is 6.04 Å². The first kappa shape index (κ1) is 13.2. The van der Waals surface area contributed by atoms with Gasteiger partial charge < -0.3 is 9.16 Å². The Morgan fingerprint density at radius 2 is 1.93 bits per heavy atom. The highest BCUT2D eigenvalue weighted by molar-refractivity contribution is 6.72. The minimum atomic E-state index is -1.96. The Kier molecular flexibility index (Phi) is 4.38. The van der Waals surface area contributed by atoms with Crippen LogP contribution >= 0.6 is 0 Å². The SMILES string of the molecule is C=CC[Si](C)(C)OC(=O)OC(C)(C)C. The van der Waals surface area contributed by atoms with Crippen molar-refractivity contribution in [3.8, 4) is 0 Å². The van der Waals surface area contributed by atoms with Crippen molar-refractivity contribution < 1.29 is 14.0 Å². The molecule has 0 atom stereocenters. The van der Waals surface area contributed by atoms with Gasteiger partial charge in [0, 0.05) is 0 Å². The molecule has 0 aliphatic rings. The van der Waals surface area contributed by atoms with Crippen LogP contribution in [0.4, 0.5) is 4.79 Å². The summed E-state index contributed by atoms with van der Waals surface area (Å²) in [6.45, 7) is 13.0. The van der Waals surface area contributed by atoms with Crippen molar-refractivity contribution in [2.75, 3.05) is 0 Å². The van der Waals surface area contributed by atoms with Crippen LogP contribution in [0.15, 0.2) is 12.7 Å². The Labute approximate surface area is 87.2 Å². The molecule has 0 saturated heterocycles. The molecule has 0 aromatic rings. The zero-order valence-corrected chi connectivity index (χ0v) is 10.7. The average molecular weight is 216 g/mol. The third kappa shape index (κ3) is 6.71. The van der Waals surface area contributed by atoms with Gasteiger partial charge in [-0.1, -0.05) is 6.08 Å². The fraction of sp³-hybridized carbons (Fsp3) is 0.700. The minimum Gasteiger partial charge on any atom is -0.489 e. The first-order valence-corrected chi connectivity index (χ1v) is 7.81. The Hall–Kier alpha value is -0.773. The lowest BCUT2D eigenvalue weighted by Gasteiger charge is -2.25. The monoisotopic (exact) mass is 216 g/mol. The van der Waals surface area contributed by atoms with Crippen LogP contribution in [0, 0.1) is 0 Å². The molecule has 0 bridgehead atoms. The lowest BCUT2D eigenvalue weighted by molar-refractivity contribution is 0.0189. The second kappa shape index (κ2) is 4.64. The molecule has 0 aliphatic heterocycles. The van der Waals surface area contributed by atoms with E-state index in [9.17, 15) is 4.79 Å². The quantitative estimate of drug-likeness (QED) is 0.412. The Bertz CT molecular complexity index is 216. The number of carbonyl (C=O) groups excluding carboxylic acids is 1. The molecular formula is C10H20O3Si. The maximum absolute atomic E-state index is 11.3. The minimum absolute atomic E-state index is 0.490. The van der Waals surface area contributed by atoms with Gasteiger partial charge in [-0.05, 0) is 39.9 Å². The Morgan fingerprint density at radius 3 is 2.29 bits per heavy atom. The third-order valence-electron chi connectivity index (χ3n) is 1.39. The largest absolute Gasteiger partial charge is 0.494 e. The van der Waals surface area contributed by atoms with Gasteiger partial charge in [0.05, 0.1) is 0 Å². The van der Waals surface area contributed by atoms with E-state index in [0.29, 0.717) is 0 Å². The van der Waals surface area contributed by atoms with Gasteiger partial charge in [-0.3, -0.25) is 0 Å². The molecule has 0 aromatic carbocycles. The predicted octanol–water partition coefficient (Wildman–Crippen LogP) is 3.33. The Morgan fingerprint density at radius 1 is 1.43 bits per heavy atom. The Balaban J connectivity index is 4.12. The second-order valence-electron chi connectivity index (χ2n) is 4.82. The van der Waals surface area contributed by atoms with E-state index in [1.165, 1.54) is 0 Å². The second-order valence-corrected chi connectivity index (χ2v) is 8.95. The number of rotatable bonds is 3. The maximum atomic E-state index is 11.3. The highest BCUT2D eigenvalue weighted by Crippen LogP contribution is 2.15. The number of allylic oxidation sites excluding steroid dienone is 1. The molecule has 0 heterocycles. The van der Waals surface area contributed by atoms with E-state index in [1.54, 1.807) is 6.08 Å². The lowest BCUT2D eigenvalue weighted by Crippen LogP contribution is -2.35. The van der Waals surface area contributed by atoms with Gasteiger partial charge in [-0.15, -0.1) is 6.58 Å². The number of ether oxygens (including phenoxy) is 1. The zero-order chi connectivity index (χ0) is 11.4. The molecule has 0 amide bonds. The van der Waals surface area contributed by atoms with Crippen LogP contribution in [0.25, 0.3) is 0 Å². The van der Waals surface area contributed by atoms with Crippen molar-refractivity contribution in [2.24, 2.45) is 0 Å². The summed E-state index contributed by atoms with van der Waals surface area (Å²) in [6.07, 6.45) is 1.20. The maximum Gasteiger partial charge on any atom is 0.494 e. The summed E-state index contributed by atoms with van der Waals surface area (Å²) in [4.78, 5) is 11.3. The van der Waals surface area contributed by atoms with Crippen LogP contribution in [0.1, 0.15) is 20.8 Å². The van der Waals surface area contributed by atoms with Crippen molar-refractivity contribution in [3.05, 3.63) is 12.7 Å². The predicted molar refractivity (Wildman–Crippen MR) is 59.8 cm³/mol. The summed E-state index contributed by atoms with van der Waals surface area (Å²) in [5.41, 5.74) is -0.490. The number of hydrogen-bond acceptors (Lipinski definition) is 3. The zero-order valence-electron chi connectivity index (χ0n) is 9.72. The molecular weight excluding hydrogens is 196 g/mol. The van der Waals surface area contributed by atoms with Crippen LogP contribution < -0.4 is 0 Å². The summed E-state index contributed by atoms with van der Waals surface area (Å²) in [6, 6.07) is 0.742. The highest BCUT2D eigenvalue weighted by atomic mass is 28.4. The molecule has 0 spiro atoms. The van der Waals surface area contributed by atoms with Crippen molar-refractivity contribution in [1.29, 1.82) is 0 Å². The first-order chi connectivity index (χ1) is 6.16. The highest BCUT2D eigenvalue weighted by Gasteiger charge is 2.28. The van der Waals surface area contributed by atoms with E-state index in [-0.39, 0.29) is 0 Å². The average Bonchev–Trinajstić information content (AvgIpc) is 1.78. The molecule has 82 valence electrons. The fourth-order valence-electron chi connectivity index (χ4n) is 0.886. The molecule has 0 radical (unpaired) electrons. The summed E-state index contributed by atoms with van der Waals surface area (Å²) >= 11 is 0. The number of carbonyl (C=O) groups is 1. The molecule has 0 fully saturated rings. The van der Waals surface area contributed by atoms with E-state index in [1.807, 2.05) is 33.9 Å². The van der Waals surface area contributed by atoms with Crippen LogP contribution in [0.3, 0.4) is 0 Å². The molecule has 0 aliphatic carbocycles. The van der Waals surface area contributed by atoms with Gasteiger partial charge >= 0.3 is 6.16 Å². The van der Waals surface area contributed by atoms with Crippen LogP contribution in [0.2, 0.25) is 19.1 Å². The van der Waals surface area contributed by atoms with Gasteiger partial charge in [0.2, 0.25) is 0 Å². The smallest absolute Gasteiger partial charge is 0.489 e. The summed E-state index contributed by atoms with van der Waals surface area (Å²) in [5.74, 6) is 0. The van der Waals surface area contributed by atoms with Crippen LogP contribution in [-0.4, -0.2) is 20.1 Å². The molecule has 4 heteroatoms. The molecule has 0 saturated carbocycles. The van der Waals surface area contributed by atoms with Crippen LogP contribution in [0.5, 0.6) is 0 Å². The fourth-order valence-corrected chi connectivity index (χ4v) is 2.16. The topological polar surface area (TPSA) is 35.5 Å². The summed E-state index contributed by atoms with van der Waals surface area (Å²) in [7, 11) is -1.96. The standard InChI is InChI=1S/C10H20O3Si/c1-7-8-14(5,6)13-9(11)12-10(2,3)4/h7H,1,8H2,2-6H3. The number of hydrogen-bond donors (Lipinski definition) is 0. The lowest BCUT2D eigenvalue weighted by atomic mass is 10.2. The van der Waals surface area contributed by atoms with E-state index in [4.69, 9.17) is 9.16 Å².